The molecule has 2 aromatic rings. The van der Waals surface area contributed by atoms with Crippen molar-refractivity contribution >= 4 is 40.9 Å². The molecule has 2 rings (SSSR count). The molecule has 0 saturated heterocycles. The van der Waals surface area contributed by atoms with Gasteiger partial charge >= 0.3 is 6.18 Å². The fourth-order valence-electron chi connectivity index (χ4n) is 2.21. The number of fused-ring (bicyclic) bond motifs is 1. The minimum atomic E-state index is -4.22. The van der Waals surface area contributed by atoms with Crippen LogP contribution in [0.2, 0.25) is 0 Å². The van der Waals surface area contributed by atoms with Crippen LogP contribution in [0.3, 0.4) is 0 Å². The standard InChI is InChI=1S/C16H19F4N3O.HI/c1-3-21-15(22-7-6-16(18,19)20)23-9-14-10(2)12-8-11(17)4-5-13(12)24-14;/h4-5,8H,3,6-7,9H2,1-2H3,(H2,21,22,23);1H. The van der Waals surface area contributed by atoms with Crippen molar-refractivity contribution in [1.29, 1.82) is 0 Å². The minimum absolute atomic E-state index is 0. The summed E-state index contributed by atoms with van der Waals surface area (Å²) in [6.45, 7) is 4.00. The molecule has 0 saturated carbocycles. The summed E-state index contributed by atoms with van der Waals surface area (Å²) in [5.74, 6) is 0.458. The summed E-state index contributed by atoms with van der Waals surface area (Å²) >= 11 is 0. The quantitative estimate of drug-likeness (QED) is 0.291. The third-order valence-electron chi connectivity index (χ3n) is 3.42. The largest absolute Gasteiger partial charge is 0.459 e. The normalized spacial score (nSPS) is 12.2. The Balaban J connectivity index is 0.00000312. The molecule has 0 atom stereocenters. The summed E-state index contributed by atoms with van der Waals surface area (Å²) in [6, 6.07) is 4.23. The molecule has 0 aliphatic rings. The fourth-order valence-corrected chi connectivity index (χ4v) is 2.21. The molecule has 0 unspecified atom stereocenters. The highest BCUT2D eigenvalue weighted by atomic mass is 127. The number of hydrogen-bond acceptors (Lipinski definition) is 2. The van der Waals surface area contributed by atoms with E-state index >= 15 is 0 Å². The third-order valence-corrected chi connectivity index (χ3v) is 3.42. The van der Waals surface area contributed by atoms with Gasteiger partial charge in [-0.15, -0.1) is 24.0 Å². The summed E-state index contributed by atoms with van der Waals surface area (Å²) in [6.07, 6.45) is -5.16. The van der Waals surface area contributed by atoms with Gasteiger partial charge < -0.3 is 15.1 Å². The highest BCUT2D eigenvalue weighted by Crippen LogP contribution is 2.26. The molecule has 0 spiro atoms. The minimum Gasteiger partial charge on any atom is -0.459 e. The van der Waals surface area contributed by atoms with Gasteiger partial charge in [0, 0.05) is 24.0 Å². The Morgan fingerprint density at radius 2 is 1.96 bits per heavy atom. The molecular weight excluding hydrogens is 453 g/mol. The predicted molar refractivity (Wildman–Crippen MR) is 99.8 cm³/mol. The highest BCUT2D eigenvalue weighted by Gasteiger charge is 2.26. The Bertz CT molecular complexity index is 728. The molecule has 0 amide bonds. The van der Waals surface area contributed by atoms with E-state index in [1.165, 1.54) is 18.2 Å². The molecule has 1 heterocycles. The third kappa shape index (κ3) is 6.37. The van der Waals surface area contributed by atoms with Crippen LogP contribution in [0.5, 0.6) is 0 Å². The zero-order valence-electron chi connectivity index (χ0n) is 13.8. The molecule has 140 valence electrons. The molecular formula is C16H20F4IN3O. The van der Waals surface area contributed by atoms with Crippen molar-refractivity contribution in [2.75, 3.05) is 13.1 Å². The zero-order chi connectivity index (χ0) is 17.7. The van der Waals surface area contributed by atoms with Crippen LogP contribution in [0.15, 0.2) is 27.6 Å². The van der Waals surface area contributed by atoms with Gasteiger partial charge in [0.25, 0.3) is 0 Å². The van der Waals surface area contributed by atoms with E-state index in [1.54, 1.807) is 6.92 Å². The number of nitrogens with zero attached hydrogens (tertiary/aromatic N) is 1. The van der Waals surface area contributed by atoms with E-state index in [2.05, 4.69) is 15.6 Å². The molecule has 9 heteroatoms. The first-order chi connectivity index (χ1) is 11.3. The van der Waals surface area contributed by atoms with Gasteiger partial charge in [-0.05, 0) is 32.0 Å². The van der Waals surface area contributed by atoms with E-state index in [0.717, 1.165) is 5.56 Å². The maximum Gasteiger partial charge on any atom is 0.390 e. The van der Waals surface area contributed by atoms with Gasteiger partial charge in [0.15, 0.2) is 5.96 Å². The average molecular weight is 473 g/mol. The summed E-state index contributed by atoms with van der Waals surface area (Å²) in [7, 11) is 0. The van der Waals surface area contributed by atoms with Crippen LogP contribution in [0.25, 0.3) is 11.0 Å². The molecule has 25 heavy (non-hydrogen) atoms. The van der Waals surface area contributed by atoms with Gasteiger partial charge in [0.1, 0.15) is 23.7 Å². The number of hydrogen-bond donors (Lipinski definition) is 2. The molecule has 0 aliphatic heterocycles. The lowest BCUT2D eigenvalue weighted by atomic mass is 10.1. The Morgan fingerprint density at radius 3 is 2.60 bits per heavy atom. The van der Waals surface area contributed by atoms with Crippen LogP contribution < -0.4 is 10.6 Å². The summed E-state index contributed by atoms with van der Waals surface area (Å²) in [5.41, 5.74) is 1.31. The van der Waals surface area contributed by atoms with Crippen LogP contribution >= 0.6 is 24.0 Å². The summed E-state index contributed by atoms with van der Waals surface area (Å²) in [5, 5.41) is 6.16. The first-order valence-electron chi connectivity index (χ1n) is 7.56. The number of aliphatic imine (C=N–C) groups is 1. The molecule has 0 bridgehead atoms. The smallest absolute Gasteiger partial charge is 0.390 e. The van der Waals surface area contributed by atoms with Gasteiger partial charge in [0.05, 0.1) is 6.42 Å². The number of aryl methyl sites for hydroxylation is 1. The number of alkyl halides is 3. The SMILES string of the molecule is CCNC(=NCc1oc2ccc(F)cc2c1C)NCCC(F)(F)F.I. The lowest BCUT2D eigenvalue weighted by molar-refractivity contribution is -0.132. The van der Waals surface area contributed by atoms with Gasteiger partial charge in [-0.3, -0.25) is 0 Å². The van der Waals surface area contributed by atoms with E-state index in [9.17, 15) is 17.6 Å². The average Bonchev–Trinajstić information content (AvgIpc) is 2.80. The maximum absolute atomic E-state index is 13.3. The van der Waals surface area contributed by atoms with E-state index in [-0.39, 0.29) is 48.8 Å². The monoisotopic (exact) mass is 473 g/mol. The van der Waals surface area contributed by atoms with E-state index in [4.69, 9.17) is 4.42 Å². The van der Waals surface area contributed by atoms with E-state index in [0.29, 0.717) is 23.3 Å². The number of halogens is 5. The second-order valence-electron chi connectivity index (χ2n) is 5.28. The molecule has 1 aromatic heterocycles. The van der Waals surface area contributed by atoms with Crippen LogP contribution in [0, 0.1) is 12.7 Å². The number of guanidine groups is 1. The predicted octanol–water partition coefficient (Wildman–Crippen LogP) is 4.51. The van der Waals surface area contributed by atoms with Crippen molar-refractivity contribution in [3.63, 3.8) is 0 Å². The fraction of sp³-hybridized carbons (Fsp3) is 0.438. The molecule has 0 aliphatic carbocycles. The van der Waals surface area contributed by atoms with E-state index in [1.807, 2.05) is 6.92 Å². The molecule has 2 N–H and O–H groups in total. The van der Waals surface area contributed by atoms with Crippen molar-refractivity contribution in [3.05, 3.63) is 35.3 Å². The Morgan fingerprint density at radius 1 is 1.24 bits per heavy atom. The Hall–Kier alpha value is -1.52. The Labute approximate surface area is 160 Å². The first kappa shape index (κ1) is 21.5. The second kappa shape index (κ2) is 9.25. The highest BCUT2D eigenvalue weighted by molar-refractivity contribution is 14.0. The van der Waals surface area contributed by atoms with Gasteiger partial charge in [-0.1, -0.05) is 0 Å². The van der Waals surface area contributed by atoms with Crippen molar-refractivity contribution in [2.24, 2.45) is 4.99 Å². The van der Waals surface area contributed by atoms with Crippen LogP contribution in [-0.2, 0) is 6.54 Å². The topological polar surface area (TPSA) is 49.6 Å². The van der Waals surface area contributed by atoms with Crippen molar-refractivity contribution in [2.45, 2.75) is 33.0 Å². The van der Waals surface area contributed by atoms with Crippen molar-refractivity contribution in [3.8, 4) is 0 Å². The van der Waals surface area contributed by atoms with Crippen LogP contribution in [0.4, 0.5) is 17.6 Å². The second-order valence-corrected chi connectivity index (χ2v) is 5.28. The first-order valence-corrected chi connectivity index (χ1v) is 7.56. The van der Waals surface area contributed by atoms with Crippen LogP contribution in [0.1, 0.15) is 24.7 Å². The molecule has 4 nitrogen and oxygen atoms in total. The van der Waals surface area contributed by atoms with Gasteiger partial charge in [-0.2, -0.15) is 13.2 Å². The van der Waals surface area contributed by atoms with Gasteiger partial charge in [-0.25, -0.2) is 9.38 Å². The lowest BCUT2D eigenvalue weighted by Crippen LogP contribution is -2.38. The number of nitrogens with one attached hydrogen (secondary N) is 2. The van der Waals surface area contributed by atoms with Gasteiger partial charge in [0.2, 0.25) is 0 Å². The summed E-state index contributed by atoms with van der Waals surface area (Å²) < 4.78 is 55.5. The Kier molecular flexibility index (Phi) is 7.97. The number of rotatable bonds is 5. The lowest BCUT2D eigenvalue weighted by Gasteiger charge is -2.12. The van der Waals surface area contributed by atoms with E-state index < -0.39 is 12.6 Å². The molecule has 0 fully saturated rings. The molecule has 0 radical (unpaired) electrons. The molecule has 1 aromatic carbocycles. The maximum atomic E-state index is 13.3. The number of furan rings is 1. The number of benzene rings is 1. The van der Waals surface area contributed by atoms with Crippen molar-refractivity contribution in [1.82, 2.24) is 10.6 Å². The zero-order valence-corrected chi connectivity index (χ0v) is 16.2. The van der Waals surface area contributed by atoms with Crippen LogP contribution in [-0.4, -0.2) is 25.2 Å². The summed E-state index contributed by atoms with van der Waals surface area (Å²) in [4.78, 5) is 4.22. The van der Waals surface area contributed by atoms with Crippen molar-refractivity contribution < 1.29 is 22.0 Å².